The molecule has 0 radical (unpaired) electrons. The van der Waals surface area contributed by atoms with Crippen molar-refractivity contribution in [2.75, 3.05) is 0 Å². The fourth-order valence-corrected chi connectivity index (χ4v) is 3.21. The van der Waals surface area contributed by atoms with Crippen LogP contribution in [0.5, 0.6) is 0 Å². The van der Waals surface area contributed by atoms with Crippen LogP contribution in [-0.4, -0.2) is 4.98 Å². The predicted octanol–water partition coefficient (Wildman–Crippen LogP) is 3.79. The number of hydrogen-bond acceptors (Lipinski definition) is 3. The summed E-state index contributed by atoms with van der Waals surface area (Å²) >= 11 is 1.53. The molecule has 0 amide bonds. The lowest BCUT2D eigenvalue weighted by molar-refractivity contribution is 0.630. The summed E-state index contributed by atoms with van der Waals surface area (Å²) in [5.74, 6) is -0.216. The fourth-order valence-electron chi connectivity index (χ4n) is 2.09. The van der Waals surface area contributed by atoms with Gasteiger partial charge in [-0.3, -0.25) is 4.98 Å². The molecule has 19 heavy (non-hydrogen) atoms. The lowest BCUT2D eigenvalue weighted by Gasteiger charge is -2.09. The summed E-state index contributed by atoms with van der Waals surface area (Å²) in [6, 6.07) is 8.64. The van der Waals surface area contributed by atoms with Crippen molar-refractivity contribution in [2.45, 2.75) is 13.0 Å². The van der Waals surface area contributed by atoms with Crippen molar-refractivity contribution in [1.29, 1.82) is 0 Å². The third-order valence-electron chi connectivity index (χ3n) is 3.06. The first-order valence-corrected chi connectivity index (χ1v) is 6.81. The fraction of sp³-hybridized carbons (Fsp3) is 0.133. The van der Waals surface area contributed by atoms with Gasteiger partial charge in [-0.1, -0.05) is 12.1 Å². The molecule has 1 atom stereocenters. The van der Waals surface area contributed by atoms with Crippen molar-refractivity contribution in [3.8, 4) is 0 Å². The molecule has 4 heteroatoms. The monoisotopic (exact) mass is 272 g/mol. The van der Waals surface area contributed by atoms with Gasteiger partial charge in [0.1, 0.15) is 5.82 Å². The molecule has 2 aromatic heterocycles. The van der Waals surface area contributed by atoms with Gasteiger partial charge in [0.05, 0.1) is 6.04 Å². The molecule has 3 aromatic rings. The van der Waals surface area contributed by atoms with Crippen LogP contribution in [0.3, 0.4) is 0 Å². The number of benzene rings is 1. The molecule has 2 heterocycles. The van der Waals surface area contributed by atoms with Gasteiger partial charge in [-0.2, -0.15) is 0 Å². The van der Waals surface area contributed by atoms with Crippen LogP contribution in [0.1, 0.15) is 22.0 Å². The van der Waals surface area contributed by atoms with Gasteiger partial charge >= 0.3 is 0 Å². The zero-order valence-corrected chi connectivity index (χ0v) is 11.2. The zero-order chi connectivity index (χ0) is 13.4. The van der Waals surface area contributed by atoms with Gasteiger partial charge in [0.2, 0.25) is 0 Å². The van der Waals surface area contributed by atoms with Crippen molar-refractivity contribution >= 4 is 21.4 Å². The molecule has 0 saturated heterocycles. The highest BCUT2D eigenvalue weighted by Gasteiger charge is 2.13. The largest absolute Gasteiger partial charge is 0.320 e. The highest BCUT2D eigenvalue weighted by molar-refractivity contribution is 7.19. The van der Waals surface area contributed by atoms with Crippen LogP contribution < -0.4 is 5.73 Å². The van der Waals surface area contributed by atoms with Gasteiger partial charge in [-0.15, -0.1) is 11.3 Å². The number of pyridine rings is 1. The number of nitrogens with two attached hydrogens (primary N) is 1. The summed E-state index contributed by atoms with van der Waals surface area (Å²) in [6.07, 6.45) is 3.58. The maximum absolute atomic E-state index is 13.2. The van der Waals surface area contributed by atoms with Gasteiger partial charge in [0.15, 0.2) is 0 Å². The van der Waals surface area contributed by atoms with Crippen LogP contribution in [0, 0.1) is 12.7 Å². The maximum atomic E-state index is 13.2. The molecular weight excluding hydrogens is 259 g/mol. The Balaban J connectivity index is 2.04. The molecule has 0 saturated carbocycles. The van der Waals surface area contributed by atoms with Crippen molar-refractivity contribution in [2.24, 2.45) is 5.73 Å². The average Bonchev–Trinajstić information content (AvgIpc) is 2.80. The predicted molar refractivity (Wildman–Crippen MR) is 76.8 cm³/mol. The number of fused-ring (bicyclic) bond motifs is 1. The zero-order valence-electron chi connectivity index (χ0n) is 10.4. The maximum Gasteiger partial charge on any atom is 0.124 e. The van der Waals surface area contributed by atoms with Gasteiger partial charge < -0.3 is 5.73 Å². The number of thiophene rings is 1. The second-order valence-corrected chi connectivity index (χ2v) is 5.72. The van der Waals surface area contributed by atoms with Crippen LogP contribution >= 0.6 is 11.3 Å². The Labute approximate surface area is 114 Å². The van der Waals surface area contributed by atoms with E-state index in [9.17, 15) is 4.39 Å². The SMILES string of the molecule is Cc1cncc(C(N)c2cc3ccc(F)cc3s2)c1. The van der Waals surface area contributed by atoms with Crippen molar-refractivity contribution < 1.29 is 4.39 Å². The number of hydrogen-bond donors (Lipinski definition) is 1. The van der Waals surface area contributed by atoms with Gasteiger partial charge in [-0.05, 0) is 41.6 Å². The van der Waals surface area contributed by atoms with Crippen molar-refractivity contribution in [1.82, 2.24) is 4.98 Å². The minimum atomic E-state index is -0.216. The highest BCUT2D eigenvalue weighted by atomic mass is 32.1. The molecule has 2 nitrogen and oxygen atoms in total. The lowest BCUT2D eigenvalue weighted by Crippen LogP contribution is -2.10. The Morgan fingerprint density at radius 2 is 2.05 bits per heavy atom. The Hall–Kier alpha value is -1.78. The normalized spacial score (nSPS) is 12.8. The molecule has 1 unspecified atom stereocenters. The van der Waals surface area contributed by atoms with E-state index in [4.69, 9.17) is 5.73 Å². The molecule has 3 rings (SSSR count). The number of halogens is 1. The van der Waals surface area contributed by atoms with Crippen LogP contribution in [0.2, 0.25) is 0 Å². The summed E-state index contributed by atoms with van der Waals surface area (Å²) in [6.45, 7) is 1.99. The summed E-state index contributed by atoms with van der Waals surface area (Å²) < 4.78 is 14.1. The van der Waals surface area contributed by atoms with Crippen LogP contribution in [0.4, 0.5) is 4.39 Å². The van der Waals surface area contributed by atoms with Crippen LogP contribution in [0.25, 0.3) is 10.1 Å². The van der Waals surface area contributed by atoms with E-state index in [0.29, 0.717) is 0 Å². The third kappa shape index (κ3) is 2.37. The van der Waals surface area contributed by atoms with E-state index in [1.165, 1.54) is 17.4 Å². The van der Waals surface area contributed by atoms with Crippen molar-refractivity contribution in [3.63, 3.8) is 0 Å². The average molecular weight is 272 g/mol. The summed E-state index contributed by atoms with van der Waals surface area (Å²) in [5, 5.41) is 1.03. The first kappa shape index (κ1) is 12.3. The number of aromatic nitrogens is 1. The van der Waals surface area contributed by atoms with Gasteiger partial charge in [0.25, 0.3) is 0 Å². The number of nitrogens with zero attached hydrogens (tertiary/aromatic N) is 1. The van der Waals surface area contributed by atoms with E-state index in [-0.39, 0.29) is 11.9 Å². The minimum Gasteiger partial charge on any atom is -0.320 e. The first-order chi connectivity index (χ1) is 9.13. The third-order valence-corrected chi connectivity index (χ3v) is 4.24. The van der Waals surface area contributed by atoms with Crippen LogP contribution in [0.15, 0.2) is 42.7 Å². The summed E-state index contributed by atoms with van der Waals surface area (Å²) in [5.41, 5.74) is 8.33. The topological polar surface area (TPSA) is 38.9 Å². The second kappa shape index (κ2) is 4.72. The molecule has 2 N–H and O–H groups in total. The Morgan fingerprint density at radius 3 is 2.84 bits per heavy atom. The molecule has 0 fully saturated rings. The smallest absolute Gasteiger partial charge is 0.124 e. The Kier molecular flexibility index (Phi) is 3.05. The molecule has 0 spiro atoms. The standard InChI is InChI=1S/C15H13FN2S/c1-9-4-11(8-18-7-9)15(17)14-5-10-2-3-12(16)6-13(10)19-14/h2-8,15H,17H2,1H3. The molecule has 1 aromatic carbocycles. The number of aryl methyl sites for hydroxylation is 1. The lowest BCUT2D eigenvalue weighted by atomic mass is 10.1. The Bertz CT molecular complexity index is 736. The second-order valence-electron chi connectivity index (χ2n) is 4.60. The summed E-state index contributed by atoms with van der Waals surface area (Å²) in [4.78, 5) is 5.18. The van der Waals surface area contributed by atoms with E-state index >= 15 is 0 Å². The van der Waals surface area contributed by atoms with E-state index in [0.717, 1.165) is 26.1 Å². The minimum absolute atomic E-state index is 0.215. The molecular formula is C15H13FN2S. The van der Waals surface area contributed by atoms with E-state index in [1.54, 1.807) is 24.5 Å². The Morgan fingerprint density at radius 1 is 1.21 bits per heavy atom. The molecule has 0 aliphatic rings. The van der Waals surface area contributed by atoms with Crippen LogP contribution in [-0.2, 0) is 0 Å². The molecule has 0 bridgehead atoms. The highest BCUT2D eigenvalue weighted by Crippen LogP contribution is 2.32. The van der Waals surface area contributed by atoms with Gasteiger partial charge in [0, 0.05) is 22.0 Å². The van der Waals surface area contributed by atoms with Gasteiger partial charge in [-0.25, -0.2) is 4.39 Å². The molecule has 0 aliphatic carbocycles. The first-order valence-electron chi connectivity index (χ1n) is 5.99. The molecule has 0 aliphatic heterocycles. The number of rotatable bonds is 2. The quantitative estimate of drug-likeness (QED) is 0.770. The summed E-state index contributed by atoms with van der Waals surface area (Å²) in [7, 11) is 0. The van der Waals surface area contributed by atoms with E-state index < -0.39 is 0 Å². The van der Waals surface area contributed by atoms with E-state index in [2.05, 4.69) is 4.98 Å². The van der Waals surface area contributed by atoms with Crippen molar-refractivity contribution in [3.05, 3.63) is 64.5 Å². The van der Waals surface area contributed by atoms with E-state index in [1.807, 2.05) is 19.1 Å². The molecule has 96 valence electrons.